The number of carbonyl (C=O) groups excluding carboxylic acids is 2. The maximum absolute atomic E-state index is 12.5. The van der Waals surface area contributed by atoms with Crippen LogP contribution in [0.15, 0.2) is 30.3 Å². The average molecular weight is 336 g/mol. The van der Waals surface area contributed by atoms with Crippen LogP contribution in [0.1, 0.15) is 18.4 Å². The highest BCUT2D eigenvalue weighted by Crippen LogP contribution is 2.30. The fourth-order valence-electron chi connectivity index (χ4n) is 2.89. The number of amides is 1. The van der Waals surface area contributed by atoms with Crippen LogP contribution >= 0.6 is 11.8 Å². The first-order chi connectivity index (χ1) is 11.1. The molecule has 0 aliphatic carbocycles. The van der Waals surface area contributed by atoms with Crippen LogP contribution in [0, 0.1) is 0 Å². The van der Waals surface area contributed by atoms with E-state index in [4.69, 9.17) is 4.74 Å². The number of esters is 1. The second kappa shape index (κ2) is 6.90. The molecule has 0 unspecified atom stereocenters. The van der Waals surface area contributed by atoms with Crippen LogP contribution in [-0.4, -0.2) is 51.8 Å². The fourth-order valence-corrected chi connectivity index (χ4v) is 3.82. The minimum Gasteiger partial charge on any atom is -0.457 e. The van der Waals surface area contributed by atoms with E-state index in [1.807, 2.05) is 30.3 Å². The molecule has 2 aliphatic heterocycles. The molecule has 1 aromatic carbocycles. The van der Waals surface area contributed by atoms with Crippen molar-refractivity contribution >= 4 is 23.6 Å². The Balaban J connectivity index is 1.65. The van der Waals surface area contributed by atoms with Gasteiger partial charge in [-0.1, -0.05) is 30.3 Å². The van der Waals surface area contributed by atoms with Crippen LogP contribution in [0.25, 0.3) is 0 Å². The number of carbonyl (C=O) groups is 2. The van der Waals surface area contributed by atoms with Crippen molar-refractivity contribution in [3.63, 3.8) is 0 Å². The van der Waals surface area contributed by atoms with Crippen LogP contribution in [0.2, 0.25) is 0 Å². The smallest absolute Gasteiger partial charge is 0.360 e. The summed E-state index contributed by atoms with van der Waals surface area (Å²) in [5.41, 5.74) is -1.00. The largest absolute Gasteiger partial charge is 0.457 e. The number of nitrogens with zero attached hydrogens (tertiary/aromatic N) is 1. The number of benzene rings is 1. The van der Waals surface area contributed by atoms with E-state index in [0.717, 1.165) is 5.56 Å². The molecule has 0 spiro atoms. The van der Waals surface area contributed by atoms with Crippen molar-refractivity contribution in [2.24, 2.45) is 0 Å². The maximum Gasteiger partial charge on any atom is 0.360 e. The van der Waals surface area contributed by atoms with Crippen molar-refractivity contribution in [2.75, 3.05) is 18.2 Å². The Morgan fingerprint density at radius 1 is 1.39 bits per heavy atom. The zero-order chi connectivity index (χ0) is 16.3. The lowest BCUT2D eigenvalue weighted by molar-refractivity contribution is -0.189. The summed E-state index contributed by atoms with van der Waals surface area (Å²) in [5.74, 6) is 0.385. The first kappa shape index (κ1) is 16.3. The lowest BCUT2D eigenvalue weighted by atomic mass is 10.1. The summed E-state index contributed by atoms with van der Waals surface area (Å²) >= 11 is 1.63. The Bertz CT molecular complexity index is 577. The Kier molecular flexibility index (Phi) is 4.89. The van der Waals surface area contributed by atoms with E-state index in [1.165, 1.54) is 4.90 Å². The van der Waals surface area contributed by atoms with Gasteiger partial charge in [0.1, 0.15) is 6.61 Å². The topological polar surface area (TPSA) is 78.9 Å². The number of likely N-dealkylation sites (tertiary alicyclic amines) is 1. The summed E-state index contributed by atoms with van der Waals surface area (Å²) in [4.78, 5) is 26.2. The molecule has 2 N–H and O–H groups in total. The summed E-state index contributed by atoms with van der Waals surface area (Å²) in [5, 5.41) is 13.8. The molecule has 124 valence electrons. The van der Waals surface area contributed by atoms with Gasteiger partial charge < -0.3 is 14.7 Å². The minimum absolute atomic E-state index is 0.0849. The van der Waals surface area contributed by atoms with Crippen molar-refractivity contribution < 1.29 is 19.4 Å². The van der Waals surface area contributed by atoms with Gasteiger partial charge in [-0.05, 0) is 12.0 Å². The number of ether oxygens (including phenoxy) is 1. The first-order valence-electron chi connectivity index (χ1n) is 7.67. The fraction of sp³-hybridized carbons (Fsp3) is 0.500. The Morgan fingerprint density at radius 3 is 2.87 bits per heavy atom. The van der Waals surface area contributed by atoms with Crippen LogP contribution < -0.4 is 5.32 Å². The van der Waals surface area contributed by atoms with Gasteiger partial charge in [0.2, 0.25) is 11.6 Å². The van der Waals surface area contributed by atoms with Gasteiger partial charge in [-0.3, -0.25) is 10.1 Å². The molecule has 0 bridgehead atoms. The zero-order valence-electron chi connectivity index (χ0n) is 12.7. The average Bonchev–Trinajstić information content (AvgIpc) is 3.23. The van der Waals surface area contributed by atoms with Crippen molar-refractivity contribution in [2.45, 2.75) is 31.2 Å². The molecule has 0 saturated carbocycles. The van der Waals surface area contributed by atoms with Gasteiger partial charge in [-0.15, -0.1) is 11.8 Å². The van der Waals surface area contributed by atoms with Crippen LogP contribution in [-0.2, 0) is 20.9 Å². The molecule has 0 radical (unpaired) electrons. The molecule has 6 nitrogen and oxygen atoms in total. The van der Waals surface area contributed by atoms with Gasteiger partial charge in [-0.25, -0.2) is 4.79 Å². The summed E-state index contributed by atoms with van der Waals surface area (Å²) in [6, 6.07) is 8.93. The Hall–Kier alpha value is -1.57. The molecule has 2 heterocycles. The third kappa shape index (κ3) is 3.36. The standard InChI is InChI=1S/C16H20N2O4S/c19-14(13-10-23-11-17-13)18-8-4-7-16(18,21)15(20)22-9-12-5-2-1-3-6-12/h1-3,5-6,13,17,21H,4,7-11H2/t13-,16-/m0/s1. The number of aliphatic hydroxyl groups is 1. The molecule has 3 rings (SSSR count). The second-order valence-corrected chi connectivity index (χ2v) is 6.77. The summed E-state index contributed by atoms with van der Waals surface area (Å²) in [6.45, 7) is 0.458. The molecule has 7 heteroatoms. The van der Waals surface area contributed by atoms with Crippen LogP contribution in [0.3, 0.4) is 0 Å². The van der Waals surface area contributed by atoms with Crippen LogP contribution in [0.5, 0.6) is 0 Å². The highest BCUT2D eigenvalue weighted by Gasteiger charge is 2.51. The normalized spacial score (nSPS) is 27.2. The van der Waals surface area contributed by atoms with Gasteiger partial charge in [0.05, 0.1) is 6.04 Å². The van der Waals surface area contributed by atoms with Crippen molar-refractivity contribution in [1.29, 1.82) is 0 Å². The summed E-state index contributed by atoms with van der Waals surface area (Å²) < 4.78 is 5.25. The lowest BCUT2D eigenvalue weighted by Crippen LogP contribution is -2.58. The Labute approximate surface area is 139 Å². The monoisotopic (exact) mass is 336 g/mol. The van der Waals surface area contributed by atoms with Gasteiger partial charge in [0.15, 0.2) is 0 Å². The SMILES string of the molecule is O=C([C@@H]1CSCN1)N1CCC[C@]1(O)C(=O)OCc1ccccc1. The maximum atomic E-state index is 12.5. The second-order valence-electron chi connectivity index (χ2n) is 5.74. The van der Waals surface area contributed by atoms with E-state index >= 15 is 0 Å². The third-order valence-corrected chi connectivity index (χ3v) is 5.11. The number of thioether (sulfide) groups is 1. The summed E-state index contributed by atoms with van der Waals surface area (Å²) in [7, 11) is 0. The van der Waals surface area contributed by atoms with Crippen molar-refractivity contribution in [1.82, 2.24) is 10.2 Å². The molecule has 2 saturated heterocycles. The van der Waals surface area contributed by atoms with E-state index in [2.05, 4.69) is 5.32 Å². The van der Waals surface area contributed by atoms with E-state index in [-0.39, 0.29) is 25.0 Å². The number of hydrogen-bond acceptors (Lipinski definition) is 6. The van der Waals surface area contributed by atoms with Gasteiger partial charge in [0, 0.05) is 24.6 Å². The first-order valence-corrected chi connectivity index (χ1v) is 8.83. The predicted molar refractivity (Wildman–Crippen MR) is 86.4 cm³/mol. The molecule has 0 aromatic heterocycles. The van der Waals surface area contributed by atoms with Gasteiger partial charge in [0.25, 0.3) is 0 Å². The Morgan fingerprint density at radius 2 is 2.17 bits per heavy atom. The number of hydrogen-bond donors (Lipinski definition) is 2. The van der Waals surface area contributed by atoms with Gasteiger partial charge in [-0.2, -0.15) is 0 Å². The number of rotatable bonds is 4. The quantitative estimate of drug-likeness (QED) is 0.788. The molecule has 1 aromatic rings. The molecule has 23 heavy (non-hydrogen) atoms. The minimum atomic E-state index is -1.85. The van der Waals surface area contributed by atoms with E-state index in [0.29, 0.717) is 24.6 Å². The van der Waals surface area contributed by atoms with E-state index in [9.17, 15) is 14.7 Å². The van der Waals surface area contributed by atoms with Gasteiger partial charge >= 0.3 is 5.97 Å². The highest BCUT2D eigenvalue weighted by atomic mass is 32.2. The third-order valence-electron chi connectivity index (χ3n) is 4.17. The van der Waals surface area contributed by atoms with Crippen molar-refractivity contribution in [3.05, 3.63) is 35.9 Å². The zero-order valence-corrected chi connectivity index (χ0v) is 13.6. The molecule has 2 aliphatic rings. The van der Waals surface area contributed by atoms with E-state index < -0.39 is 11.7 Å². The summed E-state index contributed by atoms with van der Waals surface area (Å²) in [6.07, 6.45) is 0.800. The van der Waals surface area contributed by atoms with E-state index in [1.54, 1.807) is 11.8 Å². The van der Waals surface area contributed by atoms with Crippen LogP contribution in [0.4, 0.5) is 0 Å². The molecule has 1 amide bonds. The highest BCUT2D eigenvalue weighted by molar-refractivity contribution is 7.99. The molecule has 2 atom stereocenters. The number of nitrogens with one attached hydrogen (secondary N) is 1. The molecular weight excluding hydrogens is 316 g/mol. The lowest BCUT2D eigenvalue weighted by Gasteiger charge is -2.32. The molecule has 2 fully saturated rings. The van der Waals surface area contributed by atoms with Crippen molar-refractivity contribution in [3.8, 4) is 0 Å². The molecular formula is C16H20N2O4S. The predicted octanol–water partition coefficient (Wildman–Crippen LogP) is 0.703.